The Bertz CT molecular complexity index is 720. The fourth-order valence-electron chi connectivity index (χ4n) is 2.11. The molecule has 2 aromatic rings. The molecule has 1 heterocycles. The summed E-state index contributed by atoms with van der Waals surface area (Å²) >= 11 is 4.91. The lowest BCUT2D eigenvalue weighted by molar-refractivity contribution is 0.0431. The Morgan fingerprint density at radius 2 is 2.04 bits per heavy atom. The molecule has 1 atom stereocenters. The van der Waals surface area contributed by atoms with Crippen LogP contribution in [0, 0.1) is 6.92 Å². The SMILES string of the molecule is Cc1cccnc1CN=C(NC(N)=S)NC(C)OCc1ccccc1. The Balaban J connectivity index is 1.95. The molecule has 0 aliphatic rings. The second kappa shape index (κ2) is 9.71. The monoisotopic (exact) mass is 357 g/mol. The van der Waals surface area contributed by atoms with Crippen molar-refractivity contribution in [2.75, 3.05) is 0 Å². The Morgan fingerprint density at radius 3 is 2.72 bits per heavy atom. The second-order valence-corrected chi connectivity index (χ2v) is 5.94. The lowest BCUT2D eigenvalue weighted by atomic mass is 10.2. The third-order valence-electron chi connectivity index (χ3n) is 3.43. The van der Waals surface area contributed by atoms with Crippen LogP contribution in [0.5, 0.6) is 0 Å². The van der Waals surface area contributed by atoms with Gasteiger partial charge in [0.1, 0.15) is 6.23 Å². The van der Waals surface area contributed by atoms with Crippen LogP contribution >= 0.6 is 12.2 Å². The molecule has 0 aliphatic heterocycles. The zero-order chi connectivity index (χ0) is 18.1. The molecule has 0 amide bonds. The van der Waals surface area contributed by atoms with E-state index >= 15 is 0 Å². The van der Waals surface area contributed by atoms with E-state index in [1.807, 2.05) is 56.3 Å². The van der Waals surface area contributed by atoms with Gasteiger partial charge in [-0.2, -0.15) is 0 Å². The minimum Gasteiger partial charge on any atom is -0.376 e. The molecule has 0 aliphatic carbocycles. The molecular formula is C18H23N5OS. The molecular weight excluding hydrogens is 334 g/mol. The van der Waals surface area contributed by atoms with E-state index in [2.05, 4.69) is 20.6 Å². The average Bonchev–Trinajstić information content (AvgIpc) is 2.59. The summed E-state index contributed by atoms with van der Waals surface area (Å²) in [6, 6.07) is 13.9. The highest BCUT2D eigenvalue weighted by molar-refractivity contribution is 7.80. The molecule has 0 radical (unpaired) electrons. The van der Waals surface area contributed by atoms with Gasteiger partial charge in [0.05, 0.1) is 18.8 Å². The van der Waals surface area contributed by atoms with Gasteiger partial charge in [-0.25, -0.2) is 4.99 Å². The van der Waals surface area contributed by atoms with Gasteiger partial charge in [-0.1, -0.05) is 36.4 Å². The largest absolute Gasteiger partial charge is 0.376 e. The lowest BCUT2D eigenvalue weighted by Gasteiger charge is -2.18. The van der Waals surface area contributed by atoms with Gasteiger partial charge in [0.2, 0.25) is 0 Å². The molecule has 0 spiro atoms. The molecule has 0 saturated heterocycles. The number of nitrogens with one attached hydrogen (secondary N) is 2. The Hall–Kier alpha value is -2.51. The third kappa shape index (κ3) is 6.86. The van der Waals surface area contributed by atoms with Crippen LogP contribution in [0.2, 0.25) is 0 Å². The van der Waals surface area contributed by atoms with E-state index in [9.17, 15) is 0 Å². The van der Waals surface area contributed by atoms with Crippen LogP contribution in [0.4, 0.5) is 0 Å². The minimum atomic E-state index is -0.273. The fraction of sp³-hybridized carbons (Fsp3) is 0.278. The number of hydrogen-bond donors (Lipinski definition) is 3. The van der Waals surface area contributed by atoms with Crippen molar-refractivity contribution in [2.24, 2.45) is 10.7 Å². The smallest absolute Gasteiger partial charge is 0.199 e. The van der Waals surface area contributed by atoms with Gasteiger partial charge in [-0.3, -0.25) is 4.98 Å². The topological polar surface area (TPSA) is 84.6 Å². The van der Waals surface area contributed by atoms with Crippen molar-refractivity contribution in [1.82, 2.24) is 15.6 Å². The van der Waals surface area contributed by atoms with Gasteiger partial charge in [0.25, 0.3) is 0 Å². The van der Waals surface area contributed by atoms with E-state index in [0.717, 1.165) is 16.8 Å². The maximum Gasteiger partial charge on any atom is 0.199 e. The molecule has 7 heteroatoms. The number of rotatable bonds is 6. The quantitative estimate of drug-likeness (QED) is 0.318. The van der Waals surface area contributed by atoms with Crippen LogP contribution in [0.15, 0.2) is 53.7 Å². The van der Waals surface area contributed by atoms with Gasteiger partial charge < -0.3 is 21.1 Å². The maximum absolute atomic E-state index is 5.78. The lowest BCUT2D eigenvalue weighted by Crippen LogP contribution is -2.47. The molecule has 1 aromatic heterocycles. The summed E-state index contributed by atoms with van der Waals surface area (Å²) in [5.74, 6) is 0.457. The predicted molar refractivity (Wildman–Crippen MR) is 104 cm³/mol. The summed E-state index contributed by atoms with van der Waals surface area (Å²) in [5, 5.41) is 6.11. The molecule has 4 N–H and O–H groups in total. The molecule has 25 heavy (non-hydrogen) atoms. The zero-order valence-electron chi connectivity index (χ0n) is 14.4. The van der Waals surface area contributed by atoms with E-state index in [0.29, 0.717) is 19.1 Å². The first kappa shape index (κ1) is 18.8. The minimum absolute atomic E-state index is 0.138. The standard InChI is InChI=1S/C18H23N5OS/c1-13-7-6-10-20-16(13)11-21-18(23-17(19)25)22-14(2)24-12-15-8-4-3-5-9-15/h3-10,14H,11-12H2,1-2H3,(H4,19,21,22,23,25). The number of aliphatic imine (C=N–C) groups is 1. The first-order chi connectivity index (χ1) is 12.0. The second-order valence-electron chi connectivity index (χ2n) is 5.50. The van der Waals surface area contributed by atoms with Gasteiger partial charge >= 0.3 is 0 Å². The number of thiocarbonyl (C=S) groups is 1. The first-order valence-electron chi connectivity index (χ1n) is 7.98. The maximum atomic E-state index is 5.78. The normalized spacial score (nSPS) is 12.5. The molecule has 0 saturated carbocycles. The Labute approximate surface area is 153 Å². The molecule has 6 nitrogen and oxygen atoms in total. The van der Waals surface area contributed by atoms with E-state index in [1.165, 1.54) is 0 Å². The van der Waals surface area contributed by atoms with E-state index in [1.54, 1.807) is 6.20 Å². The van der Waals surface area contributed by atoms with Crippen molar-refractivity contribution in [3.63, 3.8) is 0 Å². The van der Waals surface area contributed by atoms with Crippen molar-refractivity contribution in [2.45, 2.75) is 33.2 Å². The average molecular weight is 357 g/mol. The Morgan fingerprint density at radius 1 is 1.28 bits per heavy atom. The van der Waals surface area contributed by atoms with Crippen LogP contribution in [0.25, 0.3) is 0 Å². The van der Waals surface area contributed by atoms with Crippen molar-refractivity contribution < 1.29 is 4.74 Å². The number of ether oxygens (including phenoxy) is 1. The van der Waals surface area contributed by atoms with Crippen molar-refractivity contribution in [3.8, 4) is 0 Å². The fourth-order valence-corrected chi connectivity index (χ4v) is 2.20. The number of hydrogen-bond acceptors (Lipinski definition) is 4. The number of nitrogens with two attached hydrogens (primary N) is 1. The van der Waals surface area contributed by atoms with Crippen molar-refractivity contribution >= 4 is 23.3 Å². The highest BCUT2D eigenvalue weighted by Gasteiger charge is 2.08. The summed E-state index contributed by atoms with van der Waals surface area (Å²) in [6.45, 7) is 4.80. The number of guanidine groups is 1. The zero-order valence-corrected chi connectivity index (χ0v) is 15.2. The summed E-state index contributed by atoms with van der Waals surface area (Å²) in [4.78, 5) is 8.80. The molecule has 0 bridgehead atoms. The van der Waals surface area contributed by atoms with Crippen LogP contribution in [0.1, 0.15) is 23.7 Å². The Kier molecular flexibility index (Phi) is 7.31. The number of aryl methyl sites for hydroxylation is 1. The van der Waals surface area contributed by atoms with E-state index in [-0.39, 0.29) is 11.3 Å². The van der Waals surface area contributed by atoms with Gasteiger partial charge in [-0.15, -0.1) is 0 Å². The first-order valence-corrected chi connectivity index (χ1v) is 8.39. The molecule has 1 unspecified atom stereocenters. The van der Waals surface area contributed by atoms with Crippen molar-refractivity contribution in [3.05, 3.63) is 65.5 Å². The number of benzene rings is 1. The summed E-state index contributed by atoms with van der Waals surface area (Å²) in [7, 11) is 0. The molecule has 2 rings (SSSR count). The highest BCUT2D eigenvalue weighted by Crippen LogP contribution is 2.05. The molecule has 0 fully saturated rings. The van der Waals surface area contributed by atoms with Gasteiger partial charge in [0.15, 0.2) is 11.1 Å². The van der Waals surface area contributed by atoms with Crippen LogP contribution < -0.4 is 16.4 Å². The van der Waals surface area contributed by atoms with Gasteiger partial charge in [0, 0.05) is 6.20 Å². The summed E-state index contributed by atoms with van der Waals surface area (Å²) in [5.41, 5.74) is 8.65. The number of aromatic nitrogens is 1. The van der Waals surface area contributed by atoms with Crippen molar-refractivity contribution in [1.29, 1.82) is 0 Å². The van der Waals surface area contributed by atoms with Crippen LogP contribution in [-0.2, 0) is 17.9 Å². The number of nitrogens with zero attached hydrogens (tertiary/aromatic N) is 2. The van der Waals surface area contributed by atoms with Gasteiger partial charge in [-0.05, 0) is 43.3 Å². The predicted octanol–water partition coefficient (Wildman–Crippen LogP) is 2.23. The highest BCUT2D eigenvalue weighted by atomic mass is 32.1. The number of pyridine rings is 1. The molecule has 1 aromatic carbocycles. The van der Waals surface area contributed by atoms with E-state index in [4.69, 9.17) is 22.7 Å². The van der Waals surface area contributed by atoms with Crippen LogP contribution in [0.3, 0.4) is 0 Å². The van der Waals surface area contributed by atoms with E-state index < -0.39 is 0 Å². The summed E-state index contributed by atoms with van der Waals surface area (Å²) < 4.78 is 5.78. The third-order valence-corrected chi connectivity index (χ3v) is 3.53. The molecule has 132 valence electrons. The van der Waals surface area contributed by atoms with Crippen LogP contribution in [-0.4, -0.2) is 22.3 Å². The summed E-state index contributed by atoms with van der Waals surface area (Å²) in [6.07, 6.45) is 1.48.